The Morgan fingerprint density at radius 2 is 2.18 bits per heavy atom. The monoisotopic (exact) mass is 233 g/mol. The van der Waals surface area contributed by atoms with E-state index in [9.17, 15) is 0 Å². The van der Waals surface area contributed by atoms with Crippen LogP contribution in [0, 0.1) is 5.92 Å². The maximum absolute atomic E-state index is 5.74. The van der Waals surface area contributed by atoms with Crippen LogP contribution in [0.3, 0.4) is 0 Å². The van der Waals surface area contributed by atoms with Crippen molar-refractivity contribution < 1.29 is 4.74 Å². The van der Waals surface area contributed by atoms with Crippen molar-refractivity contribution in [1.82, 2.24) is 5.32 Å². The Kier molecular flexibility index (Phi) is 4.43. The first-order valence-electron chi connectivity index (χ1n) is 6.77. The third-order valence-electron chi connectivity index (χ3n) is 3.68. The number of benzene rings is 1. The van der Waals surface area contributed by atoms with Crippen molar-refractivity contribution in [3.63, 3.8) is 0 Å². The molecule has 1 aromatic carbocycles. The Labute approximate surface area is 104 Å². The number of rotatable bonds is 6. The van der Waals surface area contributed by atoms with E-state index in [2.05, 4.69) is 43.4 Å². The topological polar surface area (TPSA) is 21.3 Å². The lowest BCUT2D eigenvalue weighted by atomic mass is 9.89. The first-order valence-corrected chi connectivity index (χ1v) is 6.77. The van der Waals surface area contributed by atoms with Crippen molar-refractivity contribution in [3.8, 4) is 5.75 Å². The highest BCUT2D eigenvalue weighted by Gasteiger charge is 2.25. The fraction of sp³-hybridized carbons (Fsp3) is 0.600. The maximum Gasteiger partial charge on any atom is 0.122 e. The molecule has 0 saturated heterocycles. The van der Waals surface area contributed by atoms with Crippen molar-refractivity contribution in [2.45, 2.75) is 32.6 Å². The standard InChI is InChI=1S/C15H23NO/c1-3-12(10-16-4-2)9-13-11-17-15-8-6-5-7-14(13)15/h5-8,12-13,16H,3-4,9-11H2,1-2H3. The smallest absolute Gasteiger partial charge is 0.122 e. The van der Waals surface area contributed by atoms with Crippen LogP contribution in [0.15, 0.2) is 24.3 Å². The molecule has 0 aliphatic carbocycles. The minimum Gasteiger partial charge on any atom is -0.493 e. The van der Waals surface area contributed by atoms with E-state index in [1.807, 2.05) is 0 Å². The van der Waals surface area contributed by atoms with Crippen LogP contribution in [-0.4, -0.2) is 19.7 Å². The van der Waals surface area contributed by atoms with Crippen LogP contribution < -0.4 is 10.1 Å². The third kappa shape index (κ3) is 3.01. The van der Waals surface area contributed by atoms with Crippen molar-refractivity contribution in [2.75, 3.05) is 19.7 Å². The van der Waals surface area contributed by atoms with E-state index in [4.69, 9.17) is 4.74 Å². The van der Waals surface area contributed by atoms with Crippen LogP contribution in [0.2, 0.25) is 0 Å². The van der Waals surface area contributed by atoms with Gasteiger partial charge in [-0.25, -0.2) is 0 Å². The third-order valence-corrected chi connectivity index (χ3v) is 3.68. The Morgan fingerprint density at radius 3 is 2.94 bits per heavy atom. The summed E-state index contributed by atoms with van der Waals surface area (Å²) in [5.74, 6) is 2.44. The molecule has 0 bridgehead atoms. The van der Waals surface area contributed by atoms with Gasteiger partial charge in [-0.05, 0) is 31.5 Å². The molecule has 1 N–H and O–H groups in total. The molecular formula is C15H23NO. The lowest BCUT2D eigenvalue weighted by Gasteiger charge is -2.18. The summed E-state index contributed by atoms with van der Waals surface area (Å²) < 4.78 is 5.74. The van der Waals surface area contributed by atoms with Crippen molar-refractivity contribution in [1.29, 1.82) is 0 Å². The van der Waals surface area contributed by atoms with Gasteiger partial charge < -0.3 is 10.1 Å². The molecule has 17 heavy (non-hydrogen) atoms. The van der Waals surface area contributed by atoms with Crippen molar-refractivity contribution in [3.05, 3.63) is 29.8 Å². The normalized spacial score (nSPS) is 19.8. The van der Waals surface area contributed by atoms with Gasteiger partial charge in [0, 0.05) is 11.5 Å². The second-order valence-electron chi connectivity index (χ2n) is 4.86. The van der Waals surface area contributed by atoms with Crippen LogP contribution in [0.1, 0.15) is 38.2 Å². The molecule has 2 atom stereocenters. The van der Waals surface area contributed by atoms with Gasteiger partial charge in [0.2, 0.25) is 0 Å². The molecule has 0 fully saturated rings. The van der Waals surface area contributed by atoms with Crippen LogP contribution in [0.5, 0.6) is 5.75 Å². The summed E-state index contributed by atoms with van der Waals surface area (Å²) in [6.45, 7) is 7.51. The molecule has 0 amide bonds. The largest absolute Gasteiger partial charge is 0.493 e. The Bertz CT molecular complexity index is 351. The maximum atomic E-state index is 5.74. The summed E-state index contributed by atoms with van der Waals surface area (Å²) in [5, 5.41) is 3.46. The summed E-state index contributed by atoms with van der Waals surface area (Å²) in [4.78, 5) is 0. The SMILES string of the molecule is CCNCC(CC)CC1COc2ccccc21. The molecule has 0 saturated carbocycles. The van der Waals surface area contributed by atoms with Gasteiger partial charge in [0.05, 0.1) is 6.61 Å². The lowest BCUT2D eigenvalue weighted by molar-refractivity contribution is 0.300. The number of ether oxygens (including phenoxy) is 1. The van der Waals surface area contributed by atoms with Gasteiger partial charge in [-0.1, -0.05) is 38.5 Å². The number of para-hydroxylation sites is 1. The minimum atomic E-state index is 0.592. The van der Waals surface area contributed by atoms with Gasteiger partial charge in [0.25, 0.3) is 0 Å². The molecular weight excluding hydrogens is 210 g/mol. The lowest BCUT2D eigenvalue weighted by Crippen LogP contribution is -2.23. The minimum absolute atomic E-state index is 0.592. The van der Waals surface area contributed by atoms with E-state index in [1.54, 1.807) is 0 Å². The van der Waals surface area contributed by atoms with Gasteiger partial charge >= 0.3 is 0 Å². The average molecular weight is 233 g/mol. The molecule has 1 aliphatic heterocycles. The molecule has 0 spiro atoms. The van der Waals surface area contributed by atoms with Crippen molar-refractivity contribution in [2.24, 2.45) is 5.92 Å². The summed E-state index contributed by atoms with van der Waals surface area (Å²) in [6.07, 6.45) is 2.48. The summed E-state index contributed by atoms with van der Waals surface area (Å²) in [7, 11) is 0. The zero-order valence-corrected chi connectivity index (χ0v) is 10.9. The van der Waals surface area contributed by atoms with Gasteiger partial charge in [-0.2, -0.15) is 0 Å². The summed E-state index contributed by atoms with van der Waals surface area (Å²) >= 11 is 0. The molecule has 0 aromatic heterocycles. The molecule has 2 nitrogen and oxygen atoms in total. The van der Waals surface area contributed by atoms with E-state index in [0.29, 0.717) is 5.92 Å². The van der Waals surface area contributed by atoms with E-state index in [1.165, 1.54) is 18.4 Å². The molecule has 0 radical (unpaired) electrons. The first-order chi connectivity index (χ1) is 8.35. The number of hydrogen-bond acceptors (Lipinski definition) is 2. The first kappa shape index (κ1) is 12.4. The van der Waals surface area contributed by atoms with E-state index < -0.39 is 0 Å². The van der Waals surface area contributed by atoms with Gasteiger partial charge in [0.15, 0.2) is 0 Å². The van der Waals surface area contributed by atoms with Gasteiger partial charge in [0.1, 0.15) is 5.75 Å². The molecule has 2 rings (SSSR count). The second kappa shape index (κ2) is 6.06. The summed E-state index contributed by atoms with van der Waals surface area (Å²) in [5.41, 5.74) is 1.41. The van der Waals surface area contributed by atoms with Gasteiger partial charge in [-0.15, -0.1) is 0 Å². The zero-order chi connectivity index (χ0) is 12.1. The van der Waals surface area contributed by atoms with Crippen LogP contribution >= 0.6 is 0 Å². The fourth-order valence-electron chi connectivity index (χ4n) is 2.57. The number of hydrogen-bond donors (Lipinski definition) is 1. The summed E-state index contributed by atoms with van der Waals surface area (Å²) in [6, 6.07) is 8.47. The Hall–Kier alpha value is -1.02. The molecule has 94 valence electrons. The predicted molar refractivity (Wildman–Crippen MR) is 71.6 cm³/mol. The van der Waals surface area contributed by atoms with Crippen LogP contribution in [-0.2, 0) is 0 Å². The Morgan fingerprint density at radius 1 is 1.35 bits per heavy atom. The highest BCUT2D eigenvalue weighted by molar-refractivity contribution is 5.39. The number of fused-ring (bicyclic) bond motifs is 1. The molecule has 1 heterocycles. The fourth-order valence-corrected chi connectivity index (χ4v) is 2.57. The van der Waals surface area contributed by atoms with Crippen LogP contribution in [0.25, 0.3) is 0 Å². The quantitative estimate of drug-likeness (QED) is 0.814. The van der Waals surface area contributed by atoms with Crippen LogP contribution in [0.4, 0.5) is 0 Å². The average Bonchev–Trinajstić information content (AvgIpc) is 2.78. The second-order valence-corrected chi connectivity index (χ2v) is 4.86. The molecule has 2 heteroatoms. The van der Waals surface area contributed by atoms with E-state index >= 15 is 0 Å². The Balaban J connectivity index is 1.95. The predicted octanol–water partition coefficient (Wildman–Crippen LogP) is 3.19. The van der Waals surface area contributed by atoms with E-state index in [-0.39, 0.29) is 0 Å². The van der Waals surface area contributed by atoms with Crippen molar-refractivity contribution >= 4 is 0 Å². The van der Waals surface area contributed by atoms with E-state index in [0.717, 1.165) is 31.4 Å². The highest BCUT2D eigenvalue weighted by atomic mass is 16.5. The van der Waals surface area contributed by atoms with Gasteiger partial charge in [-0.3, -0.25) is 0 Å². The molecule has 2 unspecified atom stereocenters. The number of nitrogens with one attached hydrogen (secondary N) is 1. The molecule has 1 aliphatic rings. The zero-order valence-electron chi connectivity index (χ0n) is 10.9. The molecule has 1 aromatic rings. The highest BCUT2D eigenvalue weighted by Crippen LogP contribution is 2.37.